The highest BCUT2D eigenvalue weighted by Gasteiger charge is 2.55. The Bertz CT molecular complexity index is 942. The molecule has 5 aliphatic rings. The van der Waals surface area contributed by atoms with E-state index >= 15 is 0 Å². The highest BCUT2D eigenvalue weighted by molar-refractivity contribution is 5.66. The number of aromatic nitrogens is 1. The van der Waals surface area contributed by atoms with Gasteiger partial charge >= 0.3 is 0 Å². The molecule has 3 fully saturated rings. The van der Waals surface area contributed by atoms with Crippen LogP contribution in [0.1, 0.15) is 88.7 Å². The lowest BCUT2D eigenvalue weighted by molar-refractivity contribution is -0.0524. The Morgan fingerprint density at radius 2 is 1.88 bits per heavy atom. The normalized spacial score (nSPS) is 43.0. The zero-order valence-electron chi connectivity index (χ0n) is 20.7. The van der Waals surface area contributed by atoms with E-state index in [2.05, 4.69) is 62.2 Å². The molecule has 1 aromatic heterocycles. The fourth-order valence-corrected chi connectivity index (χ4v) is 9.20. The minimum absolute atomic E-state index is 0.408. The number of allylic oxidation sites excluding steroid dienone is 3. The highest BCUT2D eigenvalue weighted by Crippen LogP contribution is 2.64. The van der Waals surface area contributed by atoms with Crippen molar-refractivity contribution >= 4 is 6.08 Å². The average molecular weight is 431 g/mol. The molecule has 1 aromatic rings. The summed E-state index contributed by atoms with van der Waals surface area (Å²) in [5, 5.41) is 0. The second kappa shape index (κ2) is 7.83. The van der Waals surface area contributed by atoms with Crippen LogP contribution in [0.3, 0.4) is 0 Å². The molecule has 0 aliphatic heterocycles. The minimum Gasteiger partial charge on any atom is -0.306 e. The van der Waals surface area contributed by atoms with Gasteiger partial charge in [0.05, 0.1) is 0 Å². The lowest BCUT2D eigenvalue weighted by atomic mass is 9.49. The number of hydrogen-bond donors (Lipinski definition) is 0. The lowest BCUT2D eigenvalue weighted by Gasteiger charge is -2.56. The quantitative estimate of drug-likeness (QED) is 0.498. The third kappa shape index (κ3) is 3.19. The van der Waals surface area contributed by atoms with Gasteiger partial charge in [-0.2, -0.15) is 0 Å². The Balaban J connectivity index is 1.24. The molecule has 0 radical (unpaired) electrons. The monoisotopic (exact) mass is 430 g/mol. The standard InChI is InChI=1S/C30H42N2/c1-19-15-22(16-21-12-14-31-18-27(19)21)28-9-10-29-26-7-5-20-17-23(32(3)4)6-8-24(20)25(26)11-13-30(28,29)2/h9,12,14,16,18-20,23-26,29H,5-8,10-11,13,15,17H2,1-4H3. The predicted octanol–water partition coefficient (Wildman–Crippen LogP) is 7.09. The van der Waals surface area contributed by atoms with Crippen LogP contribution in [-0.4, -0.2) is 30.0 Å². The van der Waals surface area contributed by atoms with Crippen molar-refractivity contribution in [3.63, 3.8) is 0 Å². The smallest absolute Gasteiger partial charge is 0.0308 e. The van der Waals surface area contributed by atoms with Gasteiger partial charge in [-0.25, -0.2) is 0 Å². The van der Waals surface area contributed by atoms with Crippen molar-refractivity contribution < 1.29 is 0 Å². The van der Waals surface area contributed by atoms with Gasteiger partial charge in [-0.05, 0) is 141 Å². The molecule has 0 N–H and O–H groups in total. The summed E-state index contributed by atoms with van der Waals surface area (Å²) < 4.78 is 0. The molecule has 2 heteroatoms. The fraction of sp³-hybridized carbons (Fsp3) is 0.700. The van der Waals surface area contributed by atoms with E-state index in [1.807, 2.05) is 6.20 Å². The van der Waals surface area contributed by atoms with E-state index in [-0.39, 0.29) is 0 Å². The summed E-state index contributed by atoms with van der Waals surface area (Å²) >= 11 is 0. The Labute approximate surface area is 195 Å². The third-order valence-corrected chi connectivity index (χ3v) is 10.9. The summed E-state index contributed by atoms with van der Waals surface area (Å²) in [4.78, 5) is 6.90. The molecule has 32 heavy (non-hydrogen) atoms. The first kappa shape index (κ1) is 21.1. The molecule has 172 valence electrons. The second-order valence-corrected chi connectivity index (χ2v) is 12.5. The van der Waals surface area contributed by atoms with Crippen molar-refractivity contribution in [1.82, 2.24) is 9.88 Å². The summed E-state index contributed by atoms with van der Waals surface area (Å²) in [6.45, 7) is 5.04. The number of nitrogens with zero attached hydrogens (tertiary/aromatic N) is 2. The van der Waals surface area contributed by atoms with Crippen LogP contribution < -0.4 is 0 Å². The Morgan fingerprint density at radius 1 is 1.03 bits per heavy atom. The summed E-state index contributed by atoms with van der Waals surface area (Å²) in [5.41, 5.74) is 6.62. The van der Waals surface area contributed by atoms with Crippen molar-refractivity contribution in [3.8, 4) is 0 Å². The first-order valence-electron chi connectivity index (χ1n) is 13.5. The molecule has 0 amide bonds. The van der Waals surface area contributed by atoms with Gasteiger partial charge in [0.15, 0.2) is 0 Å². The predicted molar refractivity (Wildman–Crippen MR) is 133 cm³/mol. The van der Waals surface area contributed by atoms with E-state index in [4.69, 9.17) is 0 Å². The molecule has 2 nitrogen and oxygen atoms in total. The molecular weight excluding hydrogens is 388 g/mol. The van der Waals surface area contributed by atoms with Gasteiger partial charge in [0.2, 0.25) is 0 Å². The molecule has 0 bridgehead atoms. The van der Waals surface area contributed by atoms with Crippen LogP contribution in [0.15, 0.2) is 35.7 Å². The summed E-state index contributed by atoms with van der Waals surface area (Å²) in [5.74, 6) is 5.47. The largest absolute Gasteiger partial charge is 0.306 e. The van der Waals surface area contributed by atoms with Gasteiger partial charge in [0, 0.05) is 18.4 Å². The van der Waals surface area contributed by atoms with Crippen LogP contribution in [0.4, 0.5) is 0 Å². The number of fused-ring (bicyclic) bond motifs is 6. The van der Waals surface area contributed by atoms with Crippen LogP contribution in [0.2, 0.25) is 0 Å². The Kier molecular flexibility index (Phi) is 5.17. The molecule has 6 rings (SSSR count). The van der Waals surface area contributed by atoms with Gasteiger partial charge in [0.1, 0.15) is 0 Å². The van der Waals surface area contributed by atoms with Crippen LogP contribution in [0.5, 0.6) is 0 Å². The molecule has 0 aromatic carbocycles. The molecule has 0 saturated heterocycles. The van der Waals surface area contributed by atoms with E-state index in [0.717, 1.165) is 35.6 Å². The first-order chi connectivity index (χ1) is 15.5. The van der Waals surface area contributed by atoms with Gasteiger partial charge < -0.3 is 4.90 Å². The first-order valence-corrected chi connectivity index (χ1v) is 13.5. The third-order valence-electron chi connectivity index (χ3n) is 10.9. The van der Waals surface area contributed by atoms with Gasteiger partial charge in [-0.1, -0.05) is 26.0 Å². The molecular formula is C30H42N2. The Morgan fingerprint density at radius 3 is 2.72 bits per heavy atom. The highest BCUT2D eigenvalue weighted by atomic mass is 15.1. The maximum absolute atomic E-state index is 4.40. The van der Waals surface area contributed by atoms with Crippen molar-refractivity contribution in [2.75, 3.05) is 14.1 Å². The van der Waals surface area contributed by atoms with E-state index in [0.29, 0.717) is 11.3 Å². The zero-order valence-corrected chi connectivity index (χ0v) is 20.7. The topological polar surface area (TPSA) is 16.1 Å². The SMILES string of the molecule is CC1CC(C2=CCC3C4CCC5CC(N(C)C)CCC5C4CCC23C)=Cc2ccncc21. The van der Waals surface area contributed by atoms with Gasteiger partial charge in [0.25, 0.3) is 0 Å². The van der Waals surface area contributed by atoms with E-state index in [9.17, 15) is 0 Å². The molecule has 1 heterocycles. The Hall–Kier alpha value is -1.41. The van der Waals surface area contributed by atoms with Crippen molar-refractivity contribution in [2.45, 2.75) is 83.6 Å². The van der Waals surface area contributed by atoms with Gasteiger partial charge in [-0.15, -0.1) is 0 Å². The number of pyridine rings is 1. The van der Waals surface area contributed by atoms with E-state index in [1.165, 1.54) is 68.9 Å². The lowest BCUT2D eigenvalue weighted by Crippen LogP contribution is -2.49. The average Bonchev–Trinajstić information content (AvgIpc) is 3.15. The molecule has 8 unspecified atom stereocenters. The van der Waals surface area contributed by atoms with Crippen LogP contribution >= 0.6 is 0 Å². The molecule has 5 aliphatic carbocycles. The summed E-state index contributed by atoms with van der Waals surface area (Å²) in [7, 11) is 4.59. The summed E-state index contributed by atoms with van der Waals surface area (Å²) in [6, 6.07) is 3.06. The van der Waals surface area contributed by atoms with Crippen molar-refractivity contribution in [3.05, 3.63) is 46.8 Å². The molecule has 8 atom stereocenters. The maximum Gasteiger partial charge on any atom is 0.0308 e. The maximum atomic E-state index is 4.40. The van der Waals surface area contributed by atoms with Crippen LogP contribution in [-0.2, 0) is 0 Å². The van der Waals surface area contributed by atoms with Crippen molar-refractivity contribution in [2.24, 2.45) is 35.0 Å². The van der Waals surface area contributed by atoms with Crippen molar-refractivity contribution in [1.29, 1.82) is 0 Å². The van der Waals surface area contributed by atoms with Crippen LogP contribution in [0.25, 0.3) is 6.08 Å². The molecule has 0 spiro atoms. The van der Waals surface area contributed by atoms with E-state index < -0.39 is 0 Å². The van der Waals surface area contributed by atoms with Crippen LogP contribution in [0, 0.1) is 35.0 Å². The zero-order chi connectivity index (χ0) is 22.0. The molecule has 3 saturated carbocycles. The fourth-order valence-electron chi connectivity index (χ4n) is 9.20. The van der Waals surface area contributed by atoms with E-state index in [1.54, 1.807) is 11.1 Å². The number of rotatable bonds is 2. The summed E-state index contributed by atoms with van der Waals surface area (Å²) in [6.07, 6.45) is 22.1. The second-order valence-electron chi connectivity index (χ2n) is 12.5. The minimum atomic E-state index is 0.408. The number of hydrogen-bond acceptors (Lipinski definition) is 2. The van der Waals surface area contributed by atoms with Gasteiger partial charge in [-0.3, -0.25) is 4.98 Å².